The fraction of sp³-hybridized carbons (Fsp3) is 0.190. The Hall–Kier alpha value is -5.64. The molecule has 2 aliphatic heterocycles. The van der Waals surface area contributed by atoms with E-state index in [0.29, 0.717) is 36.1 Å². The van der Waals surface area contributed by atoms with Crippen LogP contribution in [0.4, 0.5) is 9.59 Å². The molecule has 6 N–H and O–H groups in total. The Morgan fingerprint density at radius 3 is 1.11 bits per heavy atom. The highest BCUT2D eigenvalue weighted by Crippen LogP contribution is 2.54. The average molecular weight is 791 g/mol. The molecule has 1 fully saturated rings. The van der Waals surface area contributed by atoms with Crippen LogP contribution in [-0.2, 0) is 18.6 Å². The van der Waals surface area contributed by atoms with Crippen molar-refractivity contribution in [3.05, 3.63) is 167 Å². The van der Waals surface area contributed by atoms with E-state index in [0.717, 1.165) is 47.9 Å². The van der Waals surface area contributed by atoms with Crippen molar-refractivity contribution in [3.63, 3.8) is 0 Å². The predicted molar refractivity (Wildman–Crippen MR) is 220 cm³/mol. The Kier molecular flexibility index (Phi) is 12.3. The monoisotopic (exact) mass is 790 g/mol. The van der Waals surface area contributed by atoms with Gasteiger partial charge in [0.2, 0.25) is 14.6 Å². The van der Waals surface area contributed by atoms with Crippen LogP contribution in [0, 0.1) is 11.8 Å². The van der Waals surface area contributed by atoms with E-state index in [4.69, 9.17) is 9.47 Å². The highest BCUT2D eigenvalue weighted by molar-refractivity contribution is 7.69. The van der Waals surface area contributed by atoms with Crippen LogP contribution in [-0.4, -0.2) is 25.2 Å². The molecular weight excluding hydrogens is 746 g/mol. The molecule has 14 heteroatoms. The van der Waals surface area contributed by atoms with Crippen molar-refractivity contribution in [1.29, 1.82) is 0 Å². The maximum absolute atomic E-state index is 14.0. The number of hydrazine groups is 2. The van der Waals surface area contributed by atoms with E-state index in [1.807, 2.05) is 121 Å². The molecule has 0 aromatic heterocycles. The SMILES string of the molecule is O=C(NCC1CCCC(CNC(=O)NNP2(=O)C=C(c3ccccc3)OC(c3ccccc3)=C2)C1)NNP1(=O)C=C(c2ccccc2)OC(c2ccccc2)=C1. The second-order valence-electron chi connectivity index (χ2n) is 13.9. The molecule has 4 aromatic rings. The number of rotatable bonds is 12. The molecular formula is C42H44N6O6P2. The second-order valence-corrected chi connectivity index (χ2v) is 18.2. The normalized spacial score (nSPS) is 19.6. The van der Waals surface area contributed by atoms with Gasteiger partial charge in [0.15, 0.2) is 0 Å². The Balaban J connectivity index is 0.891. The Bertz CT molecular complexity index is 1960. The fourth-order valence-corrected chi connectivity index (χ4v) is 9.96. The van der Waals surface area contributed by atoms with Gasteiger partial charge in [-0.25, -0.2) is 9.59 Å². The summed E-state index contributed by atoms with van der Waals surface area (Å²) in [7, 11) is -6.80. The van der Waals surface area contributed by atoms with Gasteiger partial charge in [0.25, 0.3) is 0 Å². The number of carbonyl (C=O) groups excluding carboxylic acids is 2. The third kappa shape index (κ3) is 10.4. The van der Waals surface area contributed by atoms with Crippen molar-refractivity contribution < 1.29 is 28.2 Å². The Morgan fingerprint density at radius 1 is 0.500 bits per heavy atom. The van der Waals surface area contributed by atoms with Gasteiger partial charge in [-0.2, -0.15) is 10.4 Å². The van der Waals surface area contributed by atoms with E-state index >= 15 is 0 Å². The minimum absolute atomic E-state index is 0.192. The zero-order valence-electron chi connectivity index (χ0n) is 30.6. The lowest BCUT2D eigenvalue weighted by atomic mass is 9.81. The molecule has 2 atom stereocenters. The van der Waals surface area contributed by atoms with Crippen LogP contribution in [0.5, 0.6) is 0 Å². The summed E-state index contributed by atoms with van der Waals surface area (Å²) >= 11 is 0. The van der Waals surface area contributed by atoms with E-state index in [1.165, 1.54) is 23.3 Å². The number of carbonyl (C=O) groups is 2. The molecule has 7 rings (SSSR count). The lowest BCUT2D eigenvalue weighted by Gasteiger charge is -2.29. The zero-order valence-corrected chi connectivity index (χ0v) is 32.4. The molecule has 12 nitrogen and oxygen atoms in total. The van der Waals surface area contributed by atoms with E-state index in [9.17, 15) is 18.7 Å². The molecule has 0 bridgehead atoms. The average Bonchev–Trinajstić information content (AvgIpc) is 3.24. The summed E-state index contributed by atoms with van der Waals surface area (Å²) in [5.74, 6) is 8.15. The number of nitrogens with one attached hydrogen (secondary N) is 6. The largest absolute Gasteiger partial charge is 0.456 e. The Morgan fingerprint density at radius 2 is 0.804 bits per heavy atom. The van der Waals surface area contributed by atoms with Crippen LogP contribution in [0.25, 0.3) is 23.0 Å². The van der Waals surface area contributed by atoms with E-state index in [2.05, 4.69) is 31.9 Å². The first-order valence-electron chi connectivity index (χ1n) is 18.5. The summed E-state index contributed by atoms with van der Waals surface area (Å²) < 4.78 is 40.3. The van der Waals surface area contributed by atoms with E-state index in [-0.39, 0.29) is 11.8 Å². The second kappa shape index (κ2) is 17.9. The number of amides is 4. The molecule has 4 aromatic carbocycles. The van der Waals surface area contributed by atoms with Gasteiger partial charge in [-0.3, -0.25) is 20.0 Å². The van der Waals surface area contributed by atoms with Crippen molar-refractivity contribution in [2.75, 3.05) is 13.1 Å². The lowest BCUT2D eigenvalue weighted by molar-refractivity contribution is 0.220. The third-order valence-corrected chi connectivity index (χ3v) is 13.0. The number of hydrogen-bond donors (Lipinski definition) is 6. The first-order valence-corrected chi connectivity index (χ1v) is 22.2. The van der Waals surface area contributed by atoms with E-state index in [1.54, 1.807) is 0 Å². The van der Waals surface area contributed by atoms with Gasteiger partial charge in [0, 0.05) is 58.6 Å². The van der Waals surface area contributed by atoms with Crippen molar-refractivity contribution in [2.24, 2.45) is 11.8 Å². The van der Waals surface area contributed by atoms with Gasteiger partial charge in [0.05, 0.1) is 0 Å². The van der Waals surface area contributed by atoms with Gasteiger partial charge in [0.1, 0.15) is 23.0 Å². The zero-order chi connectivity index (χ0) is 38.8. The molecule has 3 aliphatic rings. The standard InChI is InChI=1S/C42H44N6O6P2/c49-41(45-47-55(51)27-37(33-16-5-1-6-17-33)53-38(28-55)34-18-7-2-8-19-34)43-25-31-14-13-15-32(24-31)26-44-42(50)46-48-56(52)29-39(35-20-9-3-10-21-35)54-40(30-56)36-22-11-4-12-23-36/h1-12,16-23,27-32H,13-15,24-26H2,(H,47,51)(H,48,52)(H2,43,45,49)(H2,44,46,50). The molecule has 2 heterocycles. The van der Waals surface area contributed by atoms with Gasteiger partial charge in [-0.1, -0.05) is 128 Å². The predicted octanol–water partition coefficient (Wildman–Crippen LogP) is 9.01. The summed E-state index contributed by atoms with van der Waals surface area (Å²) in [5.41, 5.74) is 8.19. The van der Waals surface area contributed by atoms with Crippen molar-refractivity contribution in [1.82, 2.24) is 31.9 Å². The summed E-state index contributed by atoms with van der Waals surface area (Å²) in [6, 6.07) is 36.5. The van der Waals surface area contributed by atoms with Crippen molar-refractivity contribution >= 4 is 49.7 Å². The minimum atomic E-state index is -3.40. The molecule has 1 saturated carbocycles. The topological polar surface area (TPSA) is 159 Å². The first-order chi connectivity index (χ1) is 27.2. The lowest BCUT2D eigenvalue weighted by Crippen LogP contribution is -2.45. The quantitative estimate of drug-likeness (QED) is 0.0613. The van der Waals surface area contributed by atoms with Gasteiger partial charge in [-0.15, -0.1) is 0 Å². The summed E-state index contributed by atoms with van der Waals surface area (Å²) in [4.78, 5) is 25.8. The molecule has 288 valence electrons. The van der Waals surface area contributed by atoms with Gasteiger partial charge in [-0.05, 0) is 31.1 Å². The number of urea groups is 2. The molecule has 56 heavy (non-hydrogen) atoms. The van der Waals surface area contributed by atoms with Crippen LogP contribution < -0.4 is 31.9 Å². The number of benzene rings is 4. The van der Waals surface area contributed by atoms with Crippen LogP contribution in [0.3, 0.4) is 0 Å². The van der Waals surface area contributed by atoms with Crippen LogP contribution in [0.2, 0.25) is 0 Å². The molecule has 4 amide bonds. The highest BCUT2D eigenvalue weighted by atomic mass is 31.2. The van der Waals surface area contributed by atoms with Crippen LogP contribution in [0.15, 0.2) is 145 Å². The van der Waals surface area contributed by atoms with Crippen molar-refractivity contribution in [3.8, 4) is 0 Å². The third-order valence-electron chi connectivity index (χ3n) is 9.59. The molecule has 0 radical (unpaired) electrons. The van der Waals surface area contributed by atoms with Crippen molar-refractivity contribution in [2.45, 2.75) is 25.7 Å². The molecule has 2 unspecified atom stereocenters. The van der Waals surface area contributed by atoms with Crippen LogP contribution >= 0.6 is 14.6 Å². The van der Waals surface area contributed by atoms with Crippen LogP contribution in [0.1, 0.15) is 47.9 Å². The molecule has 1 aliphatic carbocycles. The first kappa shape index (κ1) is 38.6. The summed E-state index contributed by atoms with van der Waals surface area (Å²) in [6.07, 6.45) is 3.60. The van der Waals surface area contributed by atoms with Gasteiger partial charge < -0.3 is 20.1 Å². The maximum Gasteiger partial charge on any atom is 0.329 e. The number of ether oxygens (including phenoxy) is 2. The van der Waals surface area contributed by atoms with E-state index < -0.39 is 26.6 Å². The summed E-state index contributed by atoms with van der Waals surface area (Å²) in [6.45, 7) is 0.831. The Labute approximate surface area is 326 Å². The summed E-state index contributed by atoms with van der Waals surface area (Å²) in [5, 5.41) is 11.3. The van der Waals surface area contributed by atoms with Gasteiger partial charge >= 0.3 is 12.1 Å². The smallest absolute Gasteiger partial charge is 0.329 e. The molecule has 0 saturated heterocycles. The highest BCUT2D eigenvalue weighted by Gasteiger charge is 2.30. The molecule has 0 spiro atoms. The number of hydrogen-bond acceptors (Lipinski definition) is 6. The maximum atomic E-state index is 14.0. The minimum Gasteiger partial charge on any atom is -0.456 e. The fourth-order valence-electron chi connectivity index (χ4n) is 6.80.